The van der Waals surface area contributed by atoms with Gasteiger partial charge < -0.3 is 15.4 Å². The zero-order chi connectivity index (χ0) is 17.5. The molecule has 0 saturated carbocycles. The lowest BCUT2D eigenvalue weighted by molar-refractivity contribution is -0.123. The third-order valence-corrected chi connectivity index (χ3v) is 4.63. The van der Waals surface area contributed by atoms with Crippen LogP contribution in [0.25, 0.3) is 0 Å². The summed E-state index contributed by atoms with van der Waals surface area (Å²) in [6.45, 7) is 2.99. The highest BCUT2D eigenvalue weighted by Gasteiger charge is 2.23. The molecular formula is C18H26F2N2O2. The Morgan fingerprint density at radius 2 is 2.12 bits per heavy atom. The van der Waals surface area contributed by atoms with Gasteiger partial charge in [-0.15, -0.1) is 0 Å². The predicted molar refractivity (Wildman–Crippen MR) is 89.0 cm³/mol. The number of piperidine rings is 1. The molecular weight excluding hydrogens is 314 g/mol. The molecule has 6 heteroatoms. The van der Waals surface area contributed by atoms with E-state index >= 15 is 0 Å². The second kappa shape index (κ2) is 8.97. The molecule has 0 radical (unpaired) electrons. The van der Waals surface area contributed by atoms with Crippen LogP contribution in [0.4, 0.5) is 8.78 Å². The van der Waals surface area contributed by atoms with E-state index in [9.17, 15) is 13.6 Å². The molecule has 2 N–H and O–H groups in total. The molecule has 3 atom stereocenters. The van der Waals surface area contributed by atoms with Gasteiger partial charge in [-0.2, -0.15) is 8.78 Å². The zero-order valence-electron chi connectivity index (χ0n) is 14.2. The summed E-state index contributed by atoms with van der Waals surface area (Å²) in [5, 5.41) is 6.26. The maximum atomic E-state index is 12.5. The summed E-state index contributed by atoms with van der Waals surface area (Å²) in [5.74, 6) is 0.837. The number of para-hydroxylation sites is 1. The van der Waals surface area contributed by atoms with Crippen LogP contribution in [0.3, 0.4) is 0 Å². The van der Waals surface area contributed by atoms with Crippen molar-refractivity contribution in [3.63, 3.8) is 0 Å². The van der Waals surface area contributed by atoms with Crippen molar-refractivity contribution in [2.45, 2.75) is 45.8 Å². The first-order valence-corrected chi connectivity index (χ1v) is 8.51. The Hall–Kier alpha value is -1.69. The number of hydrogen-bond acceptors (Lipinski definition) is 3. The SMILES string of the molecule is CC(NC(=O)CC(C)C1CCCNC1)c1ccccc1OC(F)F. The standard InChI is InChI=1S/C18H26F2N2O2/c1-12(14-6-5-9-21-11-14)10-17(23)22-13(2)15-7-3-4-8-16(15)24-18(19)20/h3-4,7-8,12-14,18,21H,5-6,9-11H2,1-2H3,(H,22,23). The third-order valence-electron chi connectivity index (χ3n) is 4.63. The number of halogens is 2. The topological polar surface area (TPSA) is 50.4 Å². The van der Waals surface area contributed by atoms with Crippen LogP contribution < -0.4 is 15.4 Å². The fraction of sp³-hybridized carbons (Fsp3) is 0.611. The van der Waals surface area contributed by atoms with Crippen molar-refractivity contribution < 1.29 is 18.3 Å². The van der Waals surface area contributed by atoms with Crippen molar-refractivity contribution in [2.75, 3.05) is 13.1 Å². The lowest BCUT2D eigenvalue weighted by atomic mass is 9.85. The van der Waals surface area contributed by atoms with Crippen LogP contribution >= 0.6 is 0 Å². The molecule has 0 aromatic heterocycles. The number of nitrogens with one attached hydrogen (secondary N) is 2. The third kappa shape index (κ3) is 5.44. The smallest absolute Gasteiger partial charge is 0.387 e. The molecule has 2 rings (SSSR count). The highest BCUT2D eigenvalue weighted by molar-refractivity contribution is 5.76. The molecule has 0 aliphatic carbocycles. The van der Waals surface area contributed by atoms with E-state index in [4.69, 9.17) is 0 Å². The monoisotopic (exact) mass is 340 g/mol. The van der Waals surface area contributed by atoms with Crippen LogP contribution in [-0.4, -0.2) is 25.6 Å². The van der Waals surface area contributed by atoms with Crippen molar-refractivity contribution >= 4 is 5.91 Å². The average Bonchev–Trinajstić information content (AvgIpc) is 2.55. The number of carbonyl (C=O) groups is 1. The lowest BCUT2D eigenvalue weighted by Crippen LogP contribution is -2.36. The van der Waals surface area contributed by atoms with Crippen molar-refractivity contribution in [3.05, 3.63) is 29.8 Å². The van der Waals surface area contributed by atoms with E-state index < -0.39 is 6.61 Å². The zero-order valence-corrected chi connectivity index (χ0v) is 14.2. The molecule has 1 aromatic rings. The molecule has 1 heterocycles. The first-order chi connectivity index (χ1) is 11.5. The summed E-state index contributed by atoms with van der Waals surface area (Å²) in [4.78, 5) is 12.3. The summed E-state index contributed by atoms with van der Waals surface area (Å²) >= 11 is 0. The normalized spacial score (nSPS) is 20.5. The number of carbonyl (C=O) groups excluding carboxylic acids is 1. The van der Waals surface area contributed by atoms with Crippen molar-refractivity contribution in [1.82, 2.24) is 10.6 Å². The second-order valence-corrected chi connectivity index (χ2v) is 6.49. The molecule has 24 heavy (non-hydrogen) atoms. The van der Waals surface area contributed by atoms with Gasteiger partial charge in [0, 0.05) is 12.0 Å². The molecule has 3 unspecified atom stereocenters. The van der Waals surface area contributed by atoms with Crippen LogP contribution in [0.2, 0.25) is 0 Å². The van der Waals surface area contributed by atoms with Crippen LogP contribution in [0, 0.1) is 11.8 Å². The van der Waals surface area contributed by atoms with E-state index in [1.807, 2.05) is 0 Å². The Balaban J connectivity index is 1.91. The molecule has 1 aromatic carbocycles. The summed E-state index contributed by atoms with van der Waals surface area (Å²) in [6.07, 6.45) is 2.72. The summed E-state index contributed by atoms with van der Waals surface area (Å²) in [5.41, 5.74) is 0.554. The van der Waals surface area contributed by atoms with Gasteiger partial charge in [-0.05, 0) is 50.8 Å². The number of benzene rings is 1. The Kier molecular flexibility index (Phi) is 6.97. The Bertz CT molecular complexity index is 534. The summed E-state index contributed by atoms with van der Waals surface area (Å²) in [7, 11) is 0. The van der Waals surface area contributed by atoms with E-state index in [0.717, 1.165) is 25.9 Å². The van der Waals surface area contributed by atoms with Gasteiger partial charge in [-0.3, -0.25) is 4.79 Å². The summed E-state index contributed by atoms with van der Waals surface area (Å²) in [6, 6.07) is 6.17. The van der Waals surface area contributed by atoms with E-state index in [0.29, 0.717) is 17.9 Å². The minimum absolute atomic E-state index is 0.0626. The van der Waals surface area contributed by atoms with Crippen molar-refractivity contribution in [2.24, 2.45) is 11.8 Å². The Morgan fingerprint density at radius 1 is 1.38 bits per heavy atom. The quantitative estimate of drug-likeness (QED) is 0.799. The molecule has 0 spiro atoms. The van der Waals surface area contributed by atoms with Gasteiger partial charge in [-0.1, -0.05) is 25.1 Å². The first-order valence-electron chi connectivity index (χ1n) is 8.51. The lowest BCUT2D eigenvalue weighted by Gasteiger charge is -2.28. The molecule has 1 saturated heterocycles. The highest BCUT2D eigenvalue weighted by atomic mass is 19.3. The minimum atomic E-state index is -2.88. The molecule has 4 nitrogen and oxygen atoms in total. The molecule has 0 bridgehead atoms. The van der Waals surface area contributed by atoms with E-state index in [-0.39, 0.29) is 23.6 Å². The Labute approximate surface area is 142 Å². The Morgan fingerprint density at radius 3 is 2.79 bits per heavy atom. The molecule has 1 fully saturated rings. The molecule has 1 aliphatic heterocycles. The minimum Gasteiger partial charge on any atom is -0.434 e. The number of amides is 1. The van der Waals surface area contributed by atoms with E-state index in [1.165, 1.54) is 6.07 Å². The van der Waals surface area contributed by atoms with Crippen molar-refractivity contribution in [1.29, 1.82) is 0 Å². The molecule has 1 aliphatic rings. The van der Waals surface area contributed by atoms with E-state index in [1.54, 1.807) is 25.1 Å². The van der Waals surface area contributed by atoms with Gasteiger partial charge >= 0.3 is 6.61 Å². The second-order valence-electron chi connectivity index (χ2n) is 6.49. The van der Waals surface area contributed by atoms with Crippen LogP contribution in [0.1, 0.15) is 44.7 Å². The number of hydrogen-bond donors (Lipinski definition) is 2. The van der Waals surface area contributed by atoms with Gasteiger partial charge in [0.15, 0.2) is 0 Å². The largest absolute Gasteiger partial charge is 0.434 e. The van der Waals surface area contributed by atoms with Gasteiger partial charge in [-0.25, -0.2) is 0 Å². The predicted octanol–water partition coefficient (Wildman–Crippen LogP) is 3.49. The summed E-state index contributed by atoms with van der Waals surface area (Å²) < 4.78 is 29.5. The van der Waals surface area contributed by atoms with Gasteiger partial charge in [0.1, 0.15) is 5.75 Å². The van der Waals surface area contributed by atoms with Crippen LogP contribution in [0.5, 0.6) is 5.75 Å². The maximum Gasteiger partial charge on any atom is 0.387 e. The highest BCUT2D eigenvalue weighted by Crippen LogP contribution is 2.27. The number of ether oxygens (including phenoxy) is 1. The number of rotatable bonds is 7. The number of alkyl halides is 2. The fourth-order valence-electron chi connectivity index (χ4n) is 3.24. The van der Waals surface area contributed by atoms with Gasteiger partial charge in [0.05, 0.1) is 6.04 Å². The van der Waals surface area contributed by atoms with Crippen LogP contribution in [0.15, 0.2) is 24.3 Å². The van der Waals surface area contributed by atoms with Gasteiger partial charge in [0.2, 0.25) is 5.91 Å². The maximum absolute atomic E-state index is 12.5. The van der Waals surface area contributed by atoms with Gasteiger partial charge in [0.25, 0.3) is 0 Å². The molecule has 134 valence electrons. The fourth-order valence-corrected chi connectivity index (χ4v) is 3.24. The van der Waals surface area contributed by atoms with E-state index in [2.05, 4.69) is 22.3 Å². The van der Waals surface area contributed by atoms with Crippen molar-refractivity contribution in [3.8, 4) is 5.75 Å². The average molecular weight is 340 g/mol. The molecule has 1 amide bonds. The first kappa shape index (κ1) is 18.6. The van der Waals surface area contributed by atoms with Crippen LogP contribution in [-0.2, 0) is 4.79 Å².